The van der Waals surface area contributed by atoms with E-state index in [0.717, 1.165) is 0 Å². The molecule has 0 bridgehead atoms. The van der Waals surface area contributed by atoms with Gasteiger partial charge in [-0.25, -0.2) is 4.98 Å². The van der Waals surface area contributed by atoms with Crippen LogP contribution in [0.25, 0.3) is 0 Å². The molecule has 0 aliphatic carbocycles. The number of rotatable bonds is 4. The molecule has 7 nitrogen and oxygen atoms in total. The molecule has 0 aliphatic heterocycles. The molecule has 0 aliphatic rings. The molecule has 20 heavy (non-hydrogen) atoms. The summed E-state index contributed by atoms with van der Waals surface area (Å²) in [7, 11) is 0. The van der Waals surface area contributed by atoms with Crippen LogP contribution in [0.2, 0.25) is 0 Å². The van der Waals surface area contributed by atoms with Crippen molar-refractivity contribution in [1.29, 1.82) is 0 Å². The number of aromatic nitrogens is 1. The Morgan fingerprint density at radius 1 is 1.55 bits per heavy atom. The molecule has 1 aromatic heterocycles. The van der Waals surface area contributed by atoms with Crippen LogP contribution in [-0.4, -0.2) is 15.8 Å². The molecule has 0 atom stereocenters. The zero-order valence-corrected chi connectivity index (χ0v) is 12.4. The van der Waals surface area contributed by atoms with E-state index in [0.29, 0.717) is 21.0 Å². The Balaban J connectivity index is 2.11. The number of hydrogen-bond acceptors (Lipinski definition) is 6. The van der Waals surface area contributed by atoms with E-state index < -0.39 is 4.92 Å². The van der Waals surface area contributed by atoms with Gasteiger partial charge in [-0.1, -0.05) is 0 Å². The number of anilines is 2. The van der Waals surface area contributed by atoms with Crippen molar-refractivity contribution in [2.24, 2.45) is 0 Å². The van der Waals surface area contributed by atoms with Gasteiger partial charge in [0.15, 0.2) is 5.13 Å². The first-order valence-electron chi connectivity index (χ1n) is 5.39. The predicted molar refractivity (Wildman–Crippen MR) is 79.7 cm³/mol. The monoisotopic (exact) mass is 356 g/mol. The number of nitrogens with one attached hydrogen (secondary N) is 1. The van der Waals surface area contributed by atoms with E-state index >= 15 is 0 Å². The number of benzene rings is 1. The van der Waals surface area contributed by atoms with Gasteiger partial charge in [0.05, 0.1) is 22.7 Å². The van der Waals surface area contributed by atoms with Gasteiger partial charge in [0.1, 0.15) is 0 Å². The van der Waals surface area contributed by atoms with Crippen LogP contribution in [0.4, 0.5) is 16.5 Å². The second kappa shape index (κ2) is 5.97. The molecule has 2 rings (SSSR count). The minimum atomic E-state index is -0.525. The fourth-order valence-corrected chi connectivity index (χ4v) is 2.39. The lowest BCUT2D eigenvalue weighted by Gasteiger charge is -2.06. The summed E-state index contributed by atoms with van der Waals surface area (Å²) in [6.07, 6.45) is 0.0584. The van der Waals surface area contributed by atoms with Crippen molar-refractivity contribution in [2.45, 2.75) is 6.42 Å². The maximum atomic E-state index is 11.8. The molecule has 3 N–H and O–H groups in total. The second-order valence-electron chi connectivity index (χ2n) is 3.82. The van der Waals surface area contributed by atoms with Crippen LogP contribution in [0.5, 0.6) is 0 Å². The maximum Gasteiger partial charge on any atom is 0.271 e. The Hall–Kier alpha value is -2.00. The van der Waals surface area contributed by atoms with Crippen molar-refractivity contribution in [3.05, 3.63) is 43.9 Å². The van der Waals surface area contributed by atoms with Gasteiger partial charge in [0.25, 0.3) is 5.69 Å². The summed E-state index contributed by atoms with van der Waals surface area (Å²) >= 11 is 4.48. The number of thiazole rings is 1. The Morgan fingerprint density at radius 3 is 2.90 bits per heavy atom. The summed E-state index contributed by atoms with van der Waals surface area (Å²) in [5.41, 5.74) is 6.28. The summed E-state index contributed by atoms with van der Waals surface area (Å²) < 4.78 is 0.564. The number of carbonyl (C=O) groups excluding carboxylic acids is 1. The standard InChI is InChI=1S/C11H9BrN4O3S/c12-8-2-1-7(16(18)19)4-9(8)15-10(17)3-6-5-20-11(13)14-6/h1-2,4-5H,3H2,(H2,13,14)(H,15,17). The quantitative estimate of drug-likeness (QED) is 0.645. The van der Waals surface area contributed by atoms with Gasteiger partial charge >= 0.3 is 0 Å². The molecule has 104 valence electrons. The fourth-order valence-electron chi connectivity index (χ4n) is 1.49. The Morgan fingerprint density at radius 2 is 2.30 bits per heavy atom. The molecular weight excluding hydrogens is 348 g/mol. The number of non-ortho nitro benzene ring substituents is 1. The molecule has 0 radical (unpaired) electrons. The highest BCUT2D eigenvalue weighted by atomic mass is 79.9. The van der Waals surface area contributed by atoms with Crippen LogP contribution < -0.4 is 11.1 Å². The number of carbonyl (C=O) groups is 1. The SMILES string of the molecule is Nc1nc(CC(=O)Nc2cc([N+](=O)[O-])ccc2Br)cs1. The van der Waals surface area contributed by atoms with E-state index in [4.69, 9.17) is 5.73 Å². The first kappa shape index (κ1) is 14.4. The third kappa shape index (κ3) is 3.52. The Bertz CT molecular complexity index is 673. The number of nitro groups is 1. The van der Waals surface area contributed by atoms with Crippen LogP contribution in [-0.2, 0) is 11.2 Å². The molecule has 1 amide bonds. The molecule has 0 saturated heterocycles. The van der Waals surface area contributed by atoms with Gasteiger partial charge < -0.3 is 11.1 Å². The largest absolute Gasteiger partial charge is 0.375 e. The average Bonchev–Trinajstić information content (AvgIpc) is 2.77. The highest BCUT2D eigenvalue weighted by Gasteiger charge is 2.13. The number of halogens is 1. The zero-order chi connectivity index (χ0) is 14.7. The maximum absolute atomic E-state index is 11.8. The lowest BCUT2D eigenvalue weighted by molar-refractivity contribution is -0.384. The third-order valence-electron chi connectivity index (χ3n) is 2.35. The Labute approximate surface area is 126 Å². The van der Waals surface area contributed by atoms with E-state index in [1.54, 1.807) is 5.38 Å². The summed E-state index contributed by atoms with van der Waals surface area (Å²) in [6.45, 7) is 0. The first-order valence-corrected chi connectivity index (χ1v) is 7.06. The summed E-state index contributed by atoms with van der Waals surface area (Å²) in [6, 6.07) is 4.15. The number of nitro benzene ring substituents is 1. The molecule has 1 aromatic carbocycles. The number of nitrogens with zero attached hydrogens (tertiary/aromatic N) is 2. The average molecular weight is 357 g/mol. The van der Waals surface area contributed by atoms with E-state index in [9.17, 15) is 14.9 Å². The van der Waals surface area contributed by atoms with Crippen LogP contribution in [0.15, 0.2) is 28.1 Å². The second-order valence-corrected chi connectivity index (χ2v) is 5.57. The fraction of sp³-hybridized carbons (Fsp3) is 0.0909. The minimum absolute atomic E-state index is 0.0584. The van der Waals surface area contributed by atoms with Gasteiger partial charge in [-0.3, -0.25) is 14.9 Å². The summed E-state index contributed by atoms with van der Waals surface area (Å²) in [5.74, 6) is -0.323. The topological polar surface area (TPSA) is 111 Å². The molecular formula is C11H9BrN4O3S. The molecule has 0 saturated carbocycles. The third-order valence-corrected chi connectivity index (χ3v) is 3.76. The normalized spacial score (nSPS) is 10.2. The van der Waals surface area contributed by atoms with Gasteiger partial charge in [-0.15, -0.1) is 11.3 Å². The number of nitrogens with two attached hydrogens (primary N) is 1. The van der Waals surface area contributed by atoms with Gasteiger partial charge in [0.2, 0.25) is 5.91 Å². The van der Waals surface area contributed by atoms with Crippen LogP contribution in [0.1, 0.15) is 5.69 Å². The van der Waals surface area contributed by atoms with Crippen molar-refractivity contribution < 1.29 is 9.72 Å². The number of hydrogen-bond donors (Lipinski definition) is 2. The van der Waals surface area contributed by atoms with E-state index in [-0.39, 0.29) is 18.0 Å². The lowest BCUT2D eigenvalue weighted by Crippen LogP contribution is -2.15. The highest BCUT2D eigenvalue weighted by molar-refractivity contribution is 9.10. The van der Waals surface area contributed by atoms with Crippen molar-refractivity contribution >= 4 is 49.7 Å². The Kier molecular flexibility index (Phi) is 4.30. The van der Waals surface area contributed by atoms with E-state index in [1.165, 1.54) is 29.5 Å². The van der Waals surface area contributed by atoms with Crippen molar-refractivity contribution in [2.75, 3.05) is 11.1 Å². The summed E-state index contributed by atoms with van der Waals surface area (Å²) in [4.78, 5) is 26.0. The predicted octanol–water partition coefficient (Wildman–Crippen LogP) is 2.58. The van der Waals surface area contributed by atoms with Crippen molar-refractivity contribution in [3.63, 3.8) is 0 Å². The minimum Gasteiger partial charge on any atom is -0.375 e. The van der Waals surface area contributed by atoms with E-state index in [1.807, 2.05) is 0 Å². The molecule has 2 aromatic rings. The first-order chi connectivity index (χ1) is 9.45. The van der Waals surface area contributed by atoms with Gasteiger partial charge in [-0.2, -0.15) is 0 Å². The number of amides is 1. The van der Waals surface area contributed by atoms with Gasteiger partial charge in [-0.05, 0) is 22.0 Å². The van der Waals surface area contributed by atoms with Crippen LogP contribution in [0.3, 0.4) is 0 Å². The molecule has 0 unspecified atom stereocenters. The highest BCUT2D eigenvalue weighted by Crippen LogP contribution is 2.27. The van der Waals surface area contributed by atoms with Crippen molar-refractivity contribution in [1.82, 2.24) is 4.98 Å². The lowest BCUT2D eigenvalue weighted by atomic mass is 10.2. The zero-order valence-electron chi connectivity index (χ0n) is 10.00. The molecule has 0 spiro atoms. The molecule has 1 heterocycles. The van der Waals surface area contributed by atoms with E-state index in [2.05, 4.69) is 26.2 Å². The molecule has 0 fully saturated rings. The van der Waals surface area contributed by atoms with Crippen molar-refractivity contribution in [3.8, 4) is 0 Å². The summed E-state index contributed by atoms with van der Waals surface area (Å²) in [5, 5.41) is 15.4. The van der Waals surface area contributed by atoms with Gasteiger partial charge in [0, 0.05) is 22.0 Å². The molecule has 9 heteroatoms. The smallest absolute Gasteiger partial charge is 0.271 e. The van der Waals surface area contributed by atoms with Crippen LogP contribution in [0, 0.1) is 10.1 Å². The number of nitrogen functional groups attached to an aromatic ring is 1. The van der Waals surface area contributed by atoms with Crippen LogP contribution >= 0.6 is 27.3 Å².